The van der Waals surface area contributed by atoms with Crippen molar-refractivity contribution in [2.24, 2.45) is 0 Å². The van der Waals surface area contributed by atoms with Crippen LogP contribution in [-0.2, 0) is 9.59 Å². The molecule has 0 saturated carbocycles. The van der Waals surface area contributed by atoms with Gasteiger partial charge in [0.15, 0.2) is 5.79 Å². The number of hydrogen-bond acceptors (Lipinski definition) is 4. The maximum absolute atomic E-state index is 10.5. The molecule has 0 aliphatic heterocycles. The van der Waals surface area contributed by atoms with E-state index in [0.717, 1.165) is 6.08 Å². The number of carboxylic acid groups (broad SMARTS) is 2. The average Bonchev–Trinajstić information content (AvgIpc) is 2.15. The fraction of sp³-hybridized carbons (Fsp3) is 0.455. The molecule has 17 heavy (non-hydrogen) atoms. The number of aliphatic carboxylic acids is 2. The molecule has 0 saturated heterocycles. The van der Waals surface area contributed by atoms with Crippen molar-refractivity contribution in [2.75, 3.05) is 0 Å². The lowest BCUT2D eigenvalue weighted by Crippen LogP contribution is -2.26. The van der Waals surface area contributed by atoms with Gasteiger partial charge in [-0.15, -0.1) is 0 Å². The molecule has 0 heterocycles. The largest absolute Gasteiger partial charge is 0.478 e. The second kappa shape index (κ2) is 6.17. The molecule has 0 atom stereocenters. The Kier molecular flexibility index (Phi) is 5.57. The quantitative estimate of drug-likeness (QED) is 0.399. The molecular formula is C11H16O6. The van der Waals surface area contributed by atoms with E-state index >= 15 is 0 Å². The van der Waals surface area contributed by atoms with E-state index in [1.54, 1.807) is 0 Å². The topological polar surface area (TPSA) is 115 Å². The van der Waals surface area contributed by atoms with Gasteiger partial charge in [-0.25, -0.2) is 9.59 Å². The normalized spacial score (nSPS) is 13.6. The summed E-state index contributed by atoms with van der Waals surface area (Å²) < 4.78 is 0. The Morgan fingerprint density at radius 1 is 1.06 bits per heavy atom. The maximum Gasteiger partial charge on any atom is 0.331 e. The SMILES string of the molecule is CC(=CCCC(O)(O)C=C(C)C(=O)O)C(=O)O. The zero-order chi connectivity index (χ0) is 13.6. The molecule has 0 aromatic carbocycles. The van der Waals surface area contributed by atoms with Gasteiger partial charge in [0.2, 0.25) is 0 Å². The number of rotatable bonds is 6. The van der Waals surface area contributed by atoms with Gasteiger partial charge >= 0.3 is 11.9 Å². The van der Waals surface area contributed by atoms with Gasteiger partial charge in [-0.05, 0) is 26.3 Å². The number of carboxylic acids is 2. The Morgan fingerprint density at radius 2 is 1.53 bits per heavy atom. The minimum absolute atomic E-state index is 0.0970. The van der Waals surface area contributed by atoms with Crippen LogP contribution in [0.1, 0.15) is 26.7 Å². The lowest BCUT2D eigenvalue weighted by atomic mass is 10.1. The molecule has 0 rings (SSSR count). The van der Waals surface area contributed by atoms with Crippen LogP contribution >= 0.6 is 0 Å². The highest BCUT2D eigenvalue weighted by Crippen LogP contribution is 2.14. The van der Waals surface area contributed by atoms with Gasteiger partial charge < -0.3 is 20.4 Å². The van der Waals surface area contributed by atoms with Crippen molar-refractivity contribution in [1.82, 2.24) is 0 Å². The fourth-order valence-corrected chi connectivity index (χ4v) is 1.07. The smallest absolute Gasteiger partial charge is 0.331 e. The van der Waals surface area contributed by atoms with Crippen LogP contribution in [0.4, 0.5) is 0 Å². The van der Waals surface area contributed by atoms with Crippen LogP contribution in [-0.4, -0.2) is 38.2 Å². The van der Waals surface area contributed by atoms with Crippen LogP contribution in [0, 0.1) is 0 Å². The molecule has 0 aromatic heterocycles. The van der Waals surface area contributed by atoms with Crippen LogP contribution in [0.5, 0.6) is 0 Å². The molecule has 0 aliphatic carbocycles. The summed E-state index contributed by atoms with van der Waals surface area (Å²) in [6.07, 6.45) is 2.10. The van der Waals surface area contributed by atoms with Crippen molar-refractivity contribution in [3.63, 3.8) is 0 Å². The van der Waals surface area contributed by atoms with Gasteiger partial charge in [-0.3, -0.25) is 0 Å². The van der Waals surface area contributed by atoms with Crippen LogP contribution in [0.25, 0.3) is 0 Å². The number of allylic oxidation sites excluding steroid dienone is 1. The van der Waals surface area contributed by atoms with E-state index in [1.165, 1.54) is 19.9 Å². The summed E-state index contributed by atoms with van der Waals surface area (Å²) >= 11 is 0. The van der Waals surface area contributed by atoms with Crippen LogP contribution in [0.2, 0.25) is 0 Å². The van der Waals surface area contributed by atoms with E-state index in [0.29, 0.717) is 0 Å². The van der Waals surface area contributed by atoms with Gasteiger partial charge in [0.05, 0.1) is 0 Å². The summed E-state index contributed by atoms with van der Waals surface area (Å²) in [7, 11) is 0. The molecular weight excluding hydrogens is 228 g/mol. The molecule has 0 fully saturated rings. The zero-order valence-corrected chi connectivity index (χ0v) is 9.67. The minimum atomic E-state index is -2.25. The van der Waals surface area contributed by atoms with E-state index in [-0.39, 0.29) is 24.0 Å². The van der Waals surface area contributed by atoms with E-state index in [9.17, 15) is 19.8 Å². The summed E-state index contributed by atoms with van der Waals surface area (Å²) in [5, 5.41) is 35.9. The molecule has 0 spiro atoms. The lowest BCUT2D eigenvalue weighted by Gasteiger charge is -2.17. The van der Waals surface area contributed by atoms with Crippen LogP contribution in [0.3, 0.4) is 0 Å². The van der Waals surface area contributed by atoms with E-state index in [1.807, 2.05) is 0 Å². The third kappa shape index (κ3) is 6.49. The molecule has 96 valence electrons. The molecule has 0 bridgehead atoms. The number of carbonyl (C=O) groups is 2. The maximum atomic E-state index is 10.5. The van der Waals surface area contributed by atoms with Crippen molar-refractivity contribution in [3.8, 4) is 0 Å². The molecule has 0 aliphatic rings. The summed E-state index contributed by atoms with van der Waals surface area (Å²) in [5.41, 5.74) is -0.0892. The minimum Gasteiger partial charge on any atom is -0.478 e. The Hall–Kier alpha value is -1.66. The predicted molar refractivity (Wildman–Crippen MR) is 59.2 cm³/mol. The average molecular weight is 244 g/mol. The Balaban J connectivity index is 4.48. The third-order valence-electron chi connectivity index (χ3n) is 2.09. The first-order valence-electron chi connectivity index (χ1n) is 4.93. The van der Waals surface area contributed by atoms with Gasteiger partial charge in [0.1, 0.15) is 0 Å². The lowest BCUT2D eigenvalue weighted by molar-refractivity contribution is -0.135. The van der Waals surface area contributed by atoms with Crippen molar-refractivity contribution < 1.29 is 30.0 Å². The molecule has 4 N–H and O–H groups in total. The molecule has 0 radical (unpaired) electrons. The first-order chi connectivity index (χ1) is 7.65. The highest BCUT2D eigenvalue weighted by molar-refractivity contribution is 5.86. The predicted octanol–water partition coefficient (Wildman–Crippen LogP) is 0.509. The molecule has 0 amide bonds. The van der Waals surface area contributed by atoms with Gasteiger partial charge in [0.25, 0.3) is 0 Å². The number of aliphatic hydroxyl groups is 2. The van der Waals surface area contributed by atoms with Crippen LogP contribution in [0.15, 0.2) is 23.3 Å². The first-order valence-corrected chi connectivity index (χ1v) is 4.93. The summed E-state index contributed by atoms with van der Waals surface area (Å²) in [5.74, 6) is -4.57. The summed E-state index contributed by atoms with van der Waals surface area (Å²) in [4.78, 5) is 20.9. The first kappa shape index (κ1) is 15.3. The van der Waals surface area contributed by atoms with Crippen molar-refractivity contribution in [3.05, 3.63) is 23.3 Å². The standard InChI is InChI=1S/C11H16O6/c1-7(9(12)13)4-3-5-11(16,17)6-8(2)10(14)15/h4,6,16-17H,3,5H2,1-2H3,(H,12,13)(H,14,15). The Morgan fingerprint density at radius 3 is 1.94 bits per heavy atom. The van der Waals surface area contributed by atoms with Crippen molar-refractivity contribution in [1.29, 1.82) is 0 Å². The Labute approximate surface area is 98.5 Å². The second-order valence-corrected chi connectivity index (χ2v) is 3.74. The fourth-order valence-electron chi connectivity index (χ4n) is 1.07. The van der Waals surface area contributed by atoms with Gasteiger partial charge in [-0.2, -0.15) is 0 Å². The zero-order valence-electron chi connectivity index (χ0n) is 9.67. The summed E-state index contributed by atoms with van der Waals surface area (Å²) in [6.45, 7) is 2.62. The summed E-state index contributed by atoms with van der Waals surface area (Å²) in [6, 6.07) is 0. The molecule has 6 nitrogen and oxygen atoms in total. The van der Waals surface area contributed by atoms with E-state index in [2.05, 4.69) is 0 Å². The second-order valence-electron chi connectivity index (χ2n) is 3.74. The molecule has 0 aromatic rings. The number of hydrogen-bond donors (Lipinski definition) is 4. The third-order valence-corrected chi connectivity index (χ3v) is 2.09. The van der Waals surface area contributed by atoms with E-state index < -0.39 is 17.7 Å². The van der Waals surface area contributed by atoms with Gasteiger partial charge in [-0.1, -0.05) is 6.08 Å². The van der Waals surface area contributed by atoms with Gasteiger partial charge in [0, 0.05) is 17.6 Å². The highest BCUT2D eigenvalue weighted by Gasteiger charge is 2.20. The Bertz CT molecular complexity index is 364. The van der Waals surface area contributed by atoms with E-state index in [4.69, 9.17) is 10.2 Å². The molecule has 6 heteroatoms. The van der Waals surface area contributed by atoms with Crippen LogP contribution < -0.4 is 0 Å². The van der Waals surface area contributed by atoms with Crippen molar-refractivity contribution in [2.45, 2.75) is 32.5 Å². The monoisotopic (exact) mass is 244 g/mol. The molecule has 0 unspecified atom stereocenters. The highest BCUT2D eigenvalue weighted by atomic mass is 16.5. The van der Waals surface area contributed by atoms with Crippen molar-refractivity contribution >= 4 is 11.9 Å².